The van der Waals surface area contributed by atoms with E-state index in [1.165, 1.54) is 0 Å². The lowest BCUT2D eigenvalue weighted by Gasteiger charge is -2.43. The molecule has 2 rings (SSSR count). The largest absolute Gasteiger partial charge is 0.488 e. The second-order valence-electron chi connectivity index (χ2n) is 10.2. The first kappa shape index (κ1) is 30.6. The second-order valence-corrected chi connectivity index (χ2v) is 11.1. The van der Waals surface area contributed by atoms with Crippen LogP contribution in [0.4, 0.5) is 4.79 Å². The predicted molar refractivity (Wildman–Crippen MR) is 149 cm³/mol. The second kappa shape index (κ2) is 15.6. The summed E-state index contributed by atoms with van der Waals surface area (Å²) < 4.78 is 12.1. The number of methoxy groups -OCH3 is 1. The Morgan fingerprint density at radius 3 is 2.83 bits per heavy atom. The molecule has 3 atom stereocenters. The van der Waals surface area contributed by atoms with Crippen LogP contribution >= 0.6 is 15.9 Å². The molecule has 0 bridgehead atoms. The Labute approximate surface area is 226 Å². The number of hydrogen-bond acceptors (Lipinski definition) is 5. The molecule has 8 heteroatoms. The highest BCUT2D eigenvalue weighted by molar-refractivity contribution is 9.10. The van der Waals surface area contributed by atoms with E-state index < -0.39 is 5.60 Å². The van der Waals surface area contributed by atoms with Gasteiger partial charge in [0, 0.05) is 50.9 Å². The van der Waals surface area contributed by atoms with Crippen molar-refractivity contribution < 1.29 is 19.4 Å². The van der Waals surface area contributed by atoms with Crippen molar-refractivity contribution in [1.29, 1.82) is 0 Å². The van der Waals surface area contributed by atoms with Gasteiger partial charge in [-0.05, 0) is 73.5 Å². The molecule has 204 valence electrons. The van der Waals surface area contributed by atoms with Gasteiger partial charge in [-0.1, -0.05) is 38.6 Å². The van der Waals surface area contributed by atoms with Gasteiger partial charge in [-0.25, -0.2) is 4.79 Å². The number of nitrogens with one attached hydrogen (secondary N) is 2. The third kappa shape index (κ3) is 8.75. The molecule has 0 spiro atoms. The minimum atomic E-state index is -1.14. The highest BCUT2D eigenvalue weighted by Crippen LogP contribution is 2.45. The van der Waals surface area contributed by atoms with Crippen LogP contribution in [0, 0.1) is 11.8 Å². The molecule has 1 fully saturated rings. The molecule has 1 aromatic carbocycles. The van der Waals surface area contributed by atoms with E-state index in [0.29, 0.717) is 44.4 Å². The Balaban J connectivity index is 2.30. The van der Waals surface area contributed by atoms with E-state index in [0.717, 1.165) is 48.7 Å². The minimum absolute atomic E-state index is 0.0558. The van der Waals surface area contributed by atoms with Crippen LogP contribution in [-0.2, 0) is 10.3 Å². The van der Waals surface area contributed by atoms with Gasteiger partial charge in [0.05, 0.1) is 10.1 Å². The first-order chi connectivity index (χ1) is 17.3. The van der Waals surface area contributed by atoms with E-state index >= 15 is 0 Å². The summed E-state index contributed by atoms with van der Waals surface area (Å²) in [6, 6.07) is 5.82. The number of benzene rings is 1. The third-order valence-electron chi connectivity index (χ3n) is 6.85. The van der Waals surface area contributed by atoms with Gasteiger partial charge in [0.25, 0.3) is 0 Å². The lowest BCUT2D eigenvalue weighted by Crippen LogP contribution is -2.54. The van der Waals surface area contributed by atoms with Gasteiger partial charge < -0.3 is 30.1 Å². The summed E-state index contributed by atoms with van der Waals surface area (Å²) in [6.45, 7) is 11.0. The van der Waals surface area contributed by atoms with Crippen LogP contribution in [0.1, 0.15) is 57.9 Å². The number of urea groups is 1. The Morgan fingerprint density at radius 2 is 2.17 bits per heavy atom. The molecule has 0 aromatic heterocycles. The maximum atomic E-state index is 13.3. The number of rotatable bonds is 15. The zero-order valence-electron chi connectivity index (χ0n) is 22.5. The molecule has 2 amide bonds. The van der Waals surface area contributed by atoms with E-state index in [9.17, 15) is 9.90 Å². The molecule has 0 radical (unpaired) electrons. The maximum absolute atomic E-state index is 13.3. The summed E-state index contributed by atoms with van der Waals surface area (Å²) >= 11 is 3.61. The number of para-hydroxylation sites is 1. The highest BCUT2D eigenvalue weighted by atomic mass is 79.9. The van der Waals surface area contributed by atoms with Crippen molar-refractivity contribution in [2.45, 2.75) is 64.0 Å². The quantitative estimate of drug-likeness (QED) is 0.203. The van der Waals surface area contributed by atoms with E-state index in [2.05, 4.69) is 47.0 Å². The van der Waals surface area contributed by atoms with Crippen molar-refractivity contribution in [2.24, 2.45) is 11.8 Å². The summed E-state index contributed by atoms with van der Waals surface area (Å²) in [6.07, 6.45) is 6.52. The van der Waals surface area contributed by atoms with E-state index in [1.54, 1.807) is 13.2 Å². The van der Waals surface area contributed by atoms with Crippen LogP contribution in [0.15, 0.2) is 35.3 Å². The minimum Gasteiger partial charge on any atom is -0.488 e. The lowest BCUT2D eigenvalue weighted by atomic mass is 9.73. The number of likely N-dealkylation sites (tertiary alicyclic amines) is 1. The number of piperidine rings is 1. The smallest absolute Gasteiger partial charge is 0.317 e. The van der Waals surface area contributed by atoms with Gasteiger partial charge in [0.1, 0.15) is 12.4 Å². The summed E-state index contributed by atoms with van der Waals surface area (Å²) in [5, 5.41) is 18.8. The molecule has 1 saturated heterocycles. The van der Waals surface area contributed by atoms with Crippen molar-refractivity contribution in [3.05, 3.63) is 40.9 Å². The number of amides is 2. The van der Waals surface area contributed by atoms with Gasteiger partial charge >= 0.3 is 6.03 Å². The van der Waals surface area contributed by atoms with Crippen molar-refractivity contribution in [3.63, 3.8) is 0 Å². The van der Waals surface area contributed by atoms with Crippen LogP contribution in [0.2, 0.25) is 0 Å². The molecule has 36 heavy (non-hydrogen) atoms. The number of halogens is 1. The van der Waals surface area contributed by atoms with Gasteiger partial charge in [0.15, 0.2) is 0 Å². The topological polar surface area (TPSA) is 83.1 Å². The zero-order valence-corrected chi connectivity index (χ0v) is 24.1. The standard InChI is InChI=1S/C28H46BrN3O4/c1-6-16-36-26-24(12-9-13-25(26)29)28(34,14-7-8-17-35-5)22-11-10-15-32(20-22)27(33)31-23(19-30-4)18-21(2)3/h6,9,12-13,21-23,30,34H,1,7-8,10-11,14-20H2,2-5H3,(H,31,33). The molecule has 0 aliphatic carbocycles. The fourth-order valence-corrected chi connectivity index (χ4v) is 5.65. The highest BCUT2D eigenvalue weighted by Gasteiger charge is 2.43. The number of carbonyl (C=O) groups excluding carboxylic acids is 1. The molecule has 1 aliphatic heterocycles. The van der Waals surface area contributed by atoms with Gasteiger partial charge in [-0.3, -0.25) is 0 Å². The van der Waals surface area contributed by atoms with Crippen LogP contribution < -0.4 is 15.4 Å². The Kier molecular flexibility index (Phi) is 13.3. The number of likely N-dealkylation sites (N-methyl/N-ethyl adjacent to an activating group) is 1. The van der Waals surface area contributed by atoms with Crippen LogP contribution in [0.5, 0.6) is 5.75 Å². The molecular weight excluding hydrogens is 522 g/mol. The van der Waals surface area contributed by atoms with Crippen LogP contribution in [-0.4, -0.2) is 69.1 Å². The molecule has 1 heterocycles. The number of carbonyl (C=O) groups is 1. The van der Waals surface area contributed by atoms with Crippen LogP contribution in [0.3, 0.4) is 0 Å². The Bertz CT molecular complexity index is 822. The number of aliphatic hydroxyl groups is 1. The predicted octanol–water partition coefficient (Wildman–Crippen LogP) is 5.07. The van der Waals surface area contributed by atoms with Gasteiger partial charge in [0.2, 0.25) is 0 Å². The molecule has 3 unspecified atom stereocenters. The van der Waals surface area contributed by atoms with Crippen molar-refractivity contribution in [3.8, 4) is 5.75 Å². The molecule has 1 aromatic rings. The Hall–Kier alpha value is -1.61. The van der Waals surface area contributed by atoms with Crippen molar-refractivity contribution in [1.82, 2.24) is 15.5 Å². The maximum Gasteiger partial charge on any atom is 0.317 e. The average Bonchev–Trinajstić information content (AvgIpc) is 2.85. The fraction of sp³-hybridized carbons (Fsp3) is 0.679. The van der Waals surface area contributed by atoms with E-state index in [4.69, 9.17) is 9.47 Å². The number of hydrogen-bond donors (Lipinski definition) is 3. The van der Waals surface area contributed by atoms with Gasteiger partial charge in [-0.2, -0.15) is 0 Å². The zero-order chi connectivity index (χ0) is 26.6. The Morgan fingerprint density at radius 1 is 1.39 bits per heavy atom. The summed E-state index contributed by atoms with van der Waals surface area (Å²) in [4.78, 5) is 15.2. The van der Waals surface area contributed by atoms with Crippen molar-refractivity contribution in [2.75, 3.05) is 47.0 Å². The summed E-state index contributed by atoms with van der Waals surface area (Å²) in [7, 11) is 3.60. The normalized spacial score (nSPS) is 18.5. The third-order valence-corrected chi connectivity index (χ3v) is 7.48. The summed E-state index contributed by atoms with van der Waals surface area (Å²) in [5.74, 6) is 1.01. The molecule has 1 aliphatic rings. The first-order valence-electron chi connectivity index (χ1n) is 13.2. The molecule has 7 nitrogen and oxygen atoms in total. The summed E-state index contributed by atoms with van der Waals surface area (Å²) in [5.41, 5.74) is -0.383. The number of ether oxygens (including phenoxy) is 2. The van der Waals surface area contributed by atoms with Crippen LogP contribution in [0.25, 0.3) is 0 Å². The van der Waals surface area contributed by atoms with Crippen molar-refractivity contribution >= 4 is 22.0 Å². The number of nitrogens with zero attached hydrogens (tertiary/aromatic N) is 1. The fourth-order valence-electron chi connectivity index (χ4n) is 5.16. The first-order valence-corrected chi connectivity index (χ1v) is 14.0. The van der Waals surface area contributed by atoms with E-state index in [-0.39, 0.29) is 18.0 Å². The van der Waals surface area contributed by atoms with E-state index in [1.807, 2.05) is 30.1 Å². The molecule has 0 saturated carbocycles. The monoisotopic (exact) mass is 567 g/mol. The molecular formula is C28H46BrN3O4. The molecule has 3 N–H and O–H groups in total. The SMILES string of the molecule is C=CCOc1c(Br)cccc1C(O)(CCCCOC)C1CCCN(C(=O)NC(CNC)CC(C)C)C1. The average molecular weight is 569 g/mol. The number of unbranched alkanes of at least 4 members (excludes halogenated alkanes) is 1. The lowest BCUT2D eigenvalue weighted by molar-refractivity contribution is -0.0579. The van der Waals surface area contributed by atoms with Gasteiger partial charge in [-0.15, -0.1) is 0 Å².